The number of H-pyrrole nitrogens is 1. The molecule has 94 valence electrons. The van der Waals surface area contributed by atoms with Crippen LogP contribution < -0.4 is 10.9 Å². The second-order valence-corrected chi connectivity index (χ2v) is 5.05. The van der Waals surface area contributed by atoms with E-state index in [0.717, 1.165) is 0 Å². The number of carbonyl (C=O) groups is 1. The third-order valence-electron chi connectivity index (χ3n) is 3.02. The van der Waals surface area contributed by atoms with Crippen LogP contribution in [0, 0.1) is 0 Å². The van der Waals surface area contributed by atoms with Gasteiger partial charge >= 0.3 is 0 Å². The van der Waals surface area contributed by atoms with Crippen molar-refractivity contribution in [2.45, 2.75) is 38.8 Å². The van der Waals surface area contributed by atoms with Crippen molar-refractivity contribution < 1.29 is 9.90 Å². The molecule has 0 bridgehead atoms. The minimum absolute atomic E-state index is 0.0322. The molecule has 1 heterocycles. The Hall–Kier alpha value is -1.62. The van der Waals surface area contributed by atoms with Crippen LogP contribution in [0.1, 0.15) is 38.1 Å². The van der Waals surface area contributed by atoms with E-state index < -0.39 is 22.6 Å². The number of carbonyl (C=O) groups excluding carboxylic acids is 1. The van der Waals surface area contributed by atoms with Crippen LogP contribution in [0.4, 0.5) is 0 Å². The van der Waals surface area contributed by atoms with Crippen molar-refractivity contribution in [3.05, 3.63) is 34.2 Å². The van der Waals surface area contributed by atoms with Crippen LogP contribution in [-0.2, 0) is 0 Å². The van der Waals surface area contributed by atoms with Gasteiger partial charge in [-0.2, -0.15) is 0 Å². The number of aliphatic hydroxyl groups is 1. The minimum Gasteiger partial charge on any atom is -0.388 e. The number of nitrogens with one attached hydrogen (secondary N) is 2. The van der Waals surface area contributed by atoms with Gasteiger partial charge in [-0.25, -0.2) is 0 Å². The molecule has 0 spiro atoms. The Morgan fingerprint density at radius 3 is 2.41 bits per heavy atom. The second kappa shape index (κ2) is 4.33. The zero-order chi connectivity index (χ0) is 13.3. The minimum atomic E-state index is -1.09. The van der Waals surface area contributed by atoms with Crippen molar-refractivity contribution in [3.8, 4) is 0 Å². The number of amides is 1. The lowest BCUT2D eigenvalue weighted by Gasteiger charge is -2.37. The van der Waals surface area contributed by atoms with Gasteiger partial charge in [-0.15, -0.1) is 0 Å². The van der Waals surface area contributed by atoms with Crippen molar-refractivity contribution in [2.75, 3.05) is 0 Å². The molecule has 3 N–H and O–H groups in total. The molecule has 0 fully saturated rings. The summed E-state index contributed by atoms with van der Waals surface area (Å²) in [5, 5.41) is 12.6. The van der Waals surface area contributed by atoms with E-state index in [1.807, 2.05) is 0 Å². The fourth-order valence-electron chi connectivity index (χ4n) is 1.10. The number of aromatic amines is 1. The third-order valence-corrected chi connectivity index (χ3v) is 3.02. The maximum absolute atomic E-state index is 11.9. The Bertz CT molecular complexity index is 469. The van der Waals surface area contributed by atoms with E-state index in [9.17, 15) is 14.7 Å². The lowest BCUT2D eigenvalue weighted by atomic mass is 9.86. The fraction of sp³-hybridized carbons (Fsp3) is 0.500. The molecule has 0 saturated carbocycles. The summed E-state index contributed by atoms with van der Waals surface area (Å²) < 4.78 is 0. The topological polar surface area (TPSA) is 82.2 Å². The number of rotatable bonds is 3. The molecule has 0 aliphatic carbocycles. The molecule has 1 amide bonds. The third kappa shape index (κ3) is 2.94. The monoisotopic (exact) mass is 238 g/mol. The maximum atomic E-state index is 11.9. The van der Waals surface area contributed by atoms with E-state index in [4.69, 9.17) is 0 Å². The highest BCUT2D eigenvalue weighted by atomic mass is 16.3. The summed E-state index contributed by atoms with van der Waals surface area (Å²) in [4.78, 5) is 25.7. The number of aromatic nitrogens is 1. The fourth-order valence-corrected chi connectivity index (χ4v) is 1.10. The molecule has 0 aliphatic heterocycles. The highest BCUT2D eigenvalue weighted by Crippen LogP contribution is 2.20. The zero-order valence-electron chi connectivity index (χ0n) is 10.5. The summed E-state index contributed by atoms with van der Waals surface area (Å²) in [6.07, 6.45) is 1.46. The zero-order valence-corrected chi connectivity index (χ0v) is 10.5. The van der Waals surface area contributed by atoms with Gasteiger partial charge in [0.1, 0.15) is 5.56 Å². The summed E-state index contributed by atoms with van der Waals surface area (Å²) in [5.74, 6) is -0.501. The lowest BCUT2D eigenvalue weighted by Crippen LogP contribution is -2.58. The van der Waals surface area contributed by atoms with Gasteiger partial charge in [0.15, 0.2) is 0 Å². The normalized spacial score (nSPS) is 12.3. The molecule has 0 aromatic carbocycles. The van der Waals surface area contributed by atoms with E-state index in [1.54, 1.807) is 33.8 Å². The molecule has 0 saturated heterocycles. The van der Waals surface area contributed by atoms with Gasteiger partial charge < -0.3 is 15.4 Å². The molecule has 1 rings (SSSR count). The van der Waals surface area contributed by atoms with Gasteiger partial charge in [-0.1, -0.05) is 0 Å². The average molecular weight is 238 g/mol. The Balaban J connectivity index is 2.96. The van der Waals surface area contributed by atoms with Crippen LogP contribution >= 0.6 is 0 Å². The molecule has 1 aromatic heterocycles. The predicted octanol–water partition coefficient (Wildman–Crippen LogP) is 0.654. The van der Waals surface area contributed by atoms with Crippen molar-refractivity contribution in [1.29, 1.82) is 0 Å². The summed E-state index contributed by atoms with van der Waals surface area (Å²) >= 11 is 0. The molecule has 0 unspecified atom stereocenters. The van der Waals surface area contributed by atoms with Crippen molar-refractivity contribution >= 4 is 5.91 Å². The Morgan fingerprint density at radius 1 is 1.35 bits per heavy atom. The van der Waals surface area contributed by atoms with E-state index in [-0.39, 0.29) is 5.56 Å². The Morgan fingerprint density at radius 2 is 1.94 bits per heavy atom. The quantitative estimate of drug-likeness (QED) is 0.723. The lowest BCUT2D eigenvalue weighted by molar-refractivity contribution is -0.00296. The van der Waals surface area contributed by atoms with Crippen LogP contribution in [0.15, 0.2) is 23.1 Å². The molecule has 0 aliphatic rings. The maximum Gasteiger partial charge on any atom is 0.260 e. The van der Waals surface area contributed by atoms with Crippen molar-refractivity contribution in [1.82, 2.24) is 10.3 Å². The van der Waals surface area contributed by atoms with E-state index in [2.05, 4.69) is 10.3 Å². The van der Waals surface area contributed by atoms with Gasteiger partial charge in [0.05, 0.1) is 11.1 Å². The van der Waals surface area contributed by atoms with Gasteiger partial charge in [0.25, 0.3) is 11.5 Å². The highest BCUT2D eigenvalue weighted by molar-refractivity contribution is 5.94. The standard InChI is InChI=1S/C12H18N2O3/c1-11(2,12(3,4)17)14-10(16)8-6-5-7-13-9(8)15/h5-7,17H,1-4H3,(H,13,15)(H,14,16). The van der Waals surface area contributed by atoms with Crippen LogP contribution in [-0.4, -0.2) is 27.1 Å². The molecule has 17 heavy (non-hydrogen) atoms. The van der Waals surface area contributed by atoms with Gasteiger partial charge in [-0.3, -0.25) is 9.59 Å². The number of hydrogen-bond donors (Lipinski definition) is 3. The van der Waals surface area contributed by atoms with Crippen LogP contribution in [0.2, 0.25) is 0 Å². The Labute approximate surface area is 99.9 Å². The van der Waals surface area contributed by atoms with E-state index in [0.29, 0.717) is 0 Å². The second-order valence-electron chi connectivity index (χ2n) is 5.05. The summed E-state index contributed by atoms with van der Waals surface area (Å²) in [5.41, 5.74) is -2.35. The van der Waals surface area contributed by atoms with E-state index >= 15 is 0 Å². The molecule has 5 nitrogen and oxygen atoms in total. The van der Waals surface area contributed by atoms with Gasteiger partial charge in [0.2, 0.25) is 0 Å². The van der Waals surface area contributed by atoms with Gasteiger partial charge in [-0.05, 0) is 39.8 Å². The average Bonchev–Trinajstić information content (AvgIpc) is 2.15. The first-order valence-corrected chi connectivity index (χ1v) is 5.38. The van der Waals surface area contributed by atoms with Crippen LogP contribution in [0.25, 0.3) is 0 Å². The first-order chi connectivity index (χ1) is 7.65. The van der Waals surface area contributed by atoms with Crippen LogP contribution in [0.3, 0.4) is 0 Å². The molecule has 0 radical (unpaired) electrons. The molecule has 5 heteroatoms. The summed E-state index contributed by atoms with van der Waals surface area (Å²) in [6, 6.07) is 3.02. The summed E-state index contributed by atoms with van der Waals surface area (Å²) in [6.45, 7) is 6.59. The molecule has 1 aromatic rings. The predicted molar refractivity (Wildman–Crippen MR) is 64.9 cm³/mol. The first-order valence-electron chi connectivity index (χ1n) is 5.38. The first kappa shape index (κ1) is 13.4. The van der Waals surface area contributed by atoms with E-state index in [1.165, 1.54) is 12.3 Å². The smallest absolute Gasteiger partial charge is 0.260 e. The number of hydrogen-bond acceptors (Lipinski definition) is 3. The summed E-state index contributed by atoms with van der Waals surface area (Å²) in [7, 11) is 0. The van der Waals surface area contributed by atoms with Crippen molar-refractivity contribution in [3.63, 3.8) is 0 Å². The van der Waals surface area contributed by atoms with Crippen molar-refractivity contribution in [2.24, 2.45) is 0 Å². The largest absolute Gasteiger partial charge is 0.388 e. The SMILES string of the molecule is CC(C)(O)C(C)(C)NC(=O)c1ccc[nH]c1=O. The Kier molecular flexibility index (Phi) is 3.43. The van der Waals surface area contributed by atoms with Crippen LogP contribution in [0.5, 0.6) is 0 Å². The molecular formula is C12H18N2O3. The molecule has 0 atom stereocenters. The van der Waals surface area contributed by atoms with Gasteiger partial charge in [0, 0.05) is 6.20 Å². The number of pyridine rings is 1. The molecular weight excluding hydrogens is 220 g/mol. The highest BCUT2D eigenvalue weighted by Gasteiger charge is 2.36.